The molecule has 0 spiro atoms. The van der Waals surface area contributed by atoms with Gasteiger partial charge in [0.25, 0.3) is 0 Å². The van der Waals surface area contributed by atoms with Crippen LogP contribution in [0.3, 0.4) is 0 Å². The number of fused-ring (bicyclic) bond motifs is 4. The molecule has 0 unspecified atom stereocenters. The summed E-state index contributed by atoms with van der Waals surface area (Å²) in [7, 11) is 0. The lowest BCUT2D eigenvalue weighted by Gasteiger charge is -2.25. The van der Waals surface area contributed by atoms with Gasteiger partial charge in [-0.15, -0.1) is 0 Å². The second-order valence-electron chi connectivity index (χ2n) is 6.45. The maximum Gasteiger partial charge on any atom is 0.336 e. The van der Waals surface area contributed by atoms with E-state index in [9.17, 15) is 9.59 Å². The smallest absolute Gasteiger partial charge is 0.336 e. The van der Waals surface area contributed by atoms with Crippen molar-refractivity contribution in [2.75, 3.05) is 6.79 Å². The zero-order valence-corrected chi connectivity index (χ0v) is 13.9. The Kier molecular flexibility index (Phi) is 3.09. The van der Waals surface area contributed by atoms with E-state index in [4.69, 9.17) is 18.6 Å². The Morgan fingerprint density at radius 2 is 1.77 bits per heavy atom. The molecule has 1 aromatic heterocycles. The molecule has 0 saturated carbocycles. The minimum Gasteiger partial charge on any atom is -0.454 e. The molecule has 0 fully saturated rings. The average molecular weight is 350 g/mol. The second kappa shape index (κ2) is 5.36. The van der Waals surface area contributed by atoms with Crippen LogP contribution in [0.4, 0.5) is 0 Å². The van der Waals surface area contributed by atoms with Crippen molar-refractivity contribution in [3.05, 3.63) is 63.5 Å². The van der Waals surface area contributed by atoms with Crippen molar-refractivity contribution in [2.45, 2.75) is 19.3 Å². The fraction of sp³-hybridized carbons (Fsp3) is 0.200. The Labute approximate surface area is 147 Å². The molecule has 130 valence electrons. The van der Waals surface area contributed by atoms with Gasteiger partial charge in [-0.3, -0.25) is 4.79 Å². The molecule has 5 rings (SSSR count). The van der Waals surface area contributed by atoms with E-state index < -0.39 is 5.63 Å². The predicted molar refractivity (Wildman–Crippen MR) is 91.9 cm³/mol. The number of aryl methyl sites for hydroxylation is 1. The van der Waals surface area contributed by atoms with Crippen molar-refractivity contribution in [1.82, 2.24) is 0 Å². The highest BCUT2D eigenvalue weighted by atomic mass is 16.7. The first-order valence-corrected chi connectivity index (χ1v) is 8.28. The van der Waals surface area contributed by atoms with Crippen molar-refractivity contribution in [3.8, 4) is 17.2 Å². The van der Waals surface area contributed by atoms with Gasteiger partial charge in [-0.1, -0.05) is 6.07 Å². The summed E-state index contributed by atoms with van der Waals surface area (Å²) in [6.07, 6.45) is 0.156. The number of carbonyl (C=O) groups is 1. The van der Waals surface area contributed by atoms with Gasteiger partial charge in [0.05, 0.1) is 6.42 Å². The molecule has 6 heteroatoms. The summed E-state index contributed by atoms with van der Waals surface area (Å²) in [6.45, 7) is 2.04. The third kappa shape index (κ3) is 2.19. The van der Waals surface area contributed by atoms with Gasteiger partial charge in [-0.05, 0) is 42.3 Å². The SMILES string of the molecule is Cc1cc(=O)oc2c3c(ccc12)OC(=O)C[C@@H]3c1ccc2c(c1)OCO2. The second-order valence-corrected chi connectivity index (χ2v) is 6.45. The van der Waals surface area contributed by atoms with E-state index in [-0.39, 0.29) is 25.1 Å². The number of rotatable bonds is 1. The number of hydrogen-bond donors (Lipinski definition) is 0. The van der Waals surface area contributed by atoms with Gasteiger partial charge in [0.1, 0.15) is 11.3 Å². The Hall–Kier alpha value is -3.28. The molecule has 0 radical (unpaired) electrons. The van der Waals surface area contributed by atoms with E-state index in [1.165, 1.54) is 6.07 Å². The molecule has 1 atom stereocenters. The molecule has 0 saturated heterocycles. The fourth-order valence-corrected chi connectivity index (χ4v) is 3.65. The van der Waals surface area contributed by atoms with E-state index >= 15 is 0 Å². The number of ether oxygens (including phenoxy) is 3. The molecule has 26 heavy (non-hydrogen) atoms. The number of esters is 1. The lowest BCUT2D eigenvalue weighted by atomic mass is 9.85. The monoisotopic (exact) mass is 350 g/mol. The summed E-state index contributed by atoms with van der Waals surface area (Å²) in [6, 6.07) is 10.6. The predicted octanol–water partition coefficient (Wildman–Crippen LogP) is 3.27. The van der Waals surface area contributed by atoms with Crippen LogP contribution in [0.15, 0.2) is 45.6 Å². The van der Waals surface area contributed by atoms with E-state index in [0.29, 0.717) is 28.4 Å². The summed E-state index contributed by atoms with van der Waals surface area (Å²) in [5, 5.41) is 0.826. The van der Waals surface area contributed by atoms with Gasteiger partial charge in [0.2, 0.25) is 6.79 Å². The van der Waals surface area contributed by atoms with E-state index in [0.717, 1.165) is 16.5 Å². The highest BCUT2D eigenvalue weighted by molar-refractivity contribution is 5.90. The van der Waals surface area contributed by atoms with Crippen molar-refractivity contribution < 1.29 is 23.4 Å². The van der Waals surface area contributed by atoms with Gasteiger partial charge in [0.15, 0.2) is 11.5 Å². The minimum absolute atomic E-state index is 0.156. The summed E-state index contributed by atoms with van der Waals surface area (Å²) < 4.78 is 21.7. The molecule has 3 heterocycles. The maximum absolute atomic E-state index is 12.1. The van der Waals surface area contributed by atoms with Crippen LogP contribution in [0.1, 0.15) is 29.0 Å². The maximum atomic E-state index is 12.1. The Morgan fingerprint density at radius 1 is 0.962 bits per heavy atom. The van der Waals surface area contributed by atoms with Crippen molar-refractivity contribution in [3.63, 3.8) is 0 Å². The van der Waals surface area contributed by atoms with Gasteiger partial charge in [-0.25, -0.2) is 4.79 Å². The van der Waals surface area contributed by atoms with Gasteiger partial charge >= 0.3 is 11.6 Å². The Morgan fingerprint density at radius 3 is 2.65 bits per heavy atom. The molecule has 3 aromatic rings. The van der Waals surface area contributed by atoms with Gasteiger partial charge < -0.3 is 18.6 Å². The molecule has 0 amide bonds. The molecule has 0 N–H and O–H groups in total. The first-order valence-electron chi connectivity index (χ1n) is 8.28. The lowest BCUT2D eigenvalue weighted by molar-refractivity contribution is -0.135. The Balaban J connectivity index is 1.77. The zero-order chi connectivity index (χ0) is 17.8. The number of carbonyl (C=O) groups excluding carboxylic acids is 1. The molecule has 0 aliphatic carbocycles. The van der Waals surface area contributed by atoms with Crippen LogP contribution in [-0.4, -0.2) is 12.8 Å². The molecule has 2 aliphatic rings. The van der Waals surface area contributed by atoms with Crippen LogP contribution >= 0.6 is 0 Å². The standard InChI is InChI=1S/C20H14O6/c1-10-6-17(21)26-20-12(10)3-5-15-19(20)13(8-18(22)25-15)11-2-4-14-16(7-11)24-9-23-14/h2-7,13H,8-9H2,1H3/t13-/m1/s1. The van der Waals surface area contributed by atoms with Gasteiger partial charge in [0, 0.05) is 22.9 Å². The quantitative estimate of drug-likeness (QED) is 0.381. The summed E-state index contributed by atoms with van der Waals surface area (Å²) in [5.74, 6) is 1.11. The molecule has 6 nitrogen and oxygen atoms in total. The van der Waals surface area contributed by atoms with Crippen molar-refractivity contribution in [1.29, 1.82) is 0 Å². The average Bonchev–Trinajstić information content (AvgIpc) is 3.08. The lowest BCUT2D eigenvalue weighted by Crippen LogP contribution is -2.21. The zero-order valence-electron chi connectivity index (χ0n) is 13.9. The normalized spacial score (nSPS) is 17.9. The van der Waals surface area contributed by atoms with Crippen molar-refractivity contribution in [2.24, 2.45) is 0 Å². The van der Waals surface area contributed by atoms with Crippen LogP contribution in [0.25, 0.3) is 11.0 Å². The summed E-state index contributed by atoms with van der Waals surface area (Å²) in [5.41, 5.74) is 2.44. The van der Waals surface area contributed by atoms with Gasteiger partial charge in [-0.2, -0.15) is 0 Å². The molecule has 2 aromatic carbocycles. The summed E-state index contributed by atoms with van der Waals surface area (Å²) in [4.78, 5) is 24.1. The van der Waals surface area contributed by atoms with Crippen LogP contribution < -0.4 is 19.8 Å². The third-order valence-electron chi connectivity index (χ3n) is 4.86. The largest absolute Gasteiger partial charge is 0.454 e. The molecule has 2 aliphatic heterocycles. The molecule has 0 bridgehead atoms. The first kappa shape index (κ1) is 15.0. The molecular formula is C20H14O6. The highest BCUT2D eigenvalue weighted by Crippen LogP contribution is 2.45. The minimum atomic E-state index is -0.426. The first-order chi connectivity index (χ1) is 12.6. The molecular weight excluding hydrogens is 336 g/mol. The topological polar surface area (TPSA) is 75.0 Å². The number of benzene rings is 2. The van der Waals surface area contributed by atoms with Crippen LogP contribution in [0.5, 0.6) is 17.2 Å². The van der Waals surface area contributed by atoms with E-state index in [1.54, 1.807) is 6.07 Å². The van der Waals surface area contributed by atoms with Crippen LogP contribution in [0.2, 0.25) is 0 Å². The fourth-order valence-electron chi connectivity index (χ4n) is 3.65. The van der Waals surface area contributed by atoms with E-state index in [2.05, 4.69) is 0 Å². The third-order valence-corrected chi connectivity index (χ3v) is 4.86. The highest BCUT2D eigenvalue weighted by Gasteiger charge is 2.32. The van der Waals surface area contributed by atoms with E-state index in [1.807, 2.05) is 31.2 Å². The summed E-state index contributed by atoms with van der Waals surface area (Å²) >= 11 is 0. The van der Waals surface area contributed by atoms with Crippen LogP contribution in [0, 0.1) is 6.92 Å². The Bertz CT molecular complexity index is 1130. The van der Waals surface area contributed by atoms with Crippen molar-refractivity contribution >= 4 is 16.9 Å². The number of hydrogen-bond acceptors (Lipinski definition) is 6. The van der Waals surface area contributed by atoms with Crippen LogP contribution in [-0.2, 0) is 4.79 Å².